The molecule has 10 heteroatoms. The van der Waals surface area contributed by atoms with Gasteiger partial charge in [-0.3, -0.25) is 19.2 Å². The molecule has 3 N–H and O–H groups in total. The lowest BCUT2D eigenvalue weighted by Crippen LogP contribution is -2.39. The number of benzene rings is 2. The van der Waals surface area contributed by atoms with E-state index in [-0.39, 0.29) is 4.90 Å². The lowest BCUT2D eigenvalue weighted by molar-refractivity contribution is -0.146. The molecule has 2 aromatic rings. The first-order chi connectivity index (χ1) is 11.8. The minimum atomic E-state index is -3.89. The lowest BCUT2D eigenvalue weighted by Gasteiger charge is -2.17. The zero-order valence-electron chi connectivity index (χ0n) is 12.8. The molecule has 1 aliphatic rings. The number of ether oxygens (including phenoxy) is 1. The Bertz CT molecular complexity index is 996. The van der Waals surface area contributed by atoms with Crippen LogP contribution >= 0.6 is 0 Å². The molecule has 3 rings (SSSR count). The van der Waals surface area contributed by atoms with Crippen molar-refractivity contribution in [2.24, 2.45) is 5.73 Å². The van der Waals surface area contributed by atoms with E-state index in [1.807, 2.05) is 0 Å². The topological polar surface area (TPSA) is 136 Å². The third kappa shape index (κ3) is 2.98. The van der Waals surface area contributed by atoms with Crippen LogP contribution in [0.15, 0.2) is 41.3 Å². The number of primary amides is 1. The summed E-state index contributed by atoms with van der Waals surface area (Å²) in [5.41, 5.74) is 5.13. The van der Waals surface area contributed by atoms with Gasteiger partial charge < -0.3 is 10.5 Å². The lowest BCUT2D eigenvalue weighted by atomic mass is 10.1. The number of esters is 1. The van der Waals surface area contributed by atoms with E-state index in [0.29, 0.717) is 11.1 Å². The van der Waals surface area contributed by atoms with E-state index >= 15 is 0 Å². The molecular weight excluding hydrogens is 350 g/mol. The summed E-state index contributed by atoms with van der Waals surface area (Å²) in [5, 5.41) is 2.99. The highest BCUT2D eigenvalue weighted by molar-refractivity contribution is 7.93. The number of urea groups is 1. The van der Waals surface area contributed by atoms with Gasteiger partial charge in [-0.1, -0.05) is 24.3 Å². The summed E-state index contributed by atoms with van der Waals surface area (Å²) >= 11 is 0. The summed E-state index contributed by atoms with van der Waals surface area (Å²) < 4.78 is 30.9. The molecule has 130 valence electrons. The van der Waals surface area contributed by atoms with Gasteiger partial charge in [-0.25, -0.2) is 13.2 Å². The fourth-order valence-corrected chi connectivity index (χ4v) is 4.27. The normalized spacial score (nSPS) is 14.3. The number of hydrogen-bond acceptors (Lipinski definition) is 6. The zero-order chi connectivity index (χ0) is 18.2. The van der Waals surface area contributed by atoms with Crippen LogP contribution in [0.25, 0.3) is 10.8 Å². The summed E-state index contributed by atoms with van der Waals surface area (Å²) in [7, 11) is -3.89. The highest BCUT2D eigenvalue weighted by atomic mass is 32.2. The number of anilines is 1. The van der Waals surface area contributed by atoms with Gasteiger partial charge in [-0.2, -0.15) is 0 Å². The fourth-order valence-electron chi connectivity index (χ4n) is 2.61. The molecular formula is C15H13N3O6S. The van der Waals surface area contributed by atoms with Gasteiger partial charge >= 0.3 is 12.0 Å². The van der Waals surface area contributed by atoms with Gasteiger partial charge in [0.15, 0.2) is 6.61 Å². The molecule has 0 unspecified atom stereocenters. The van der Waals surface area contributed by atoms with Gasteiger partial charge in [-0.15, -0.1) is 0 Å². The predicted octanol–water partition coefficient (Wildman–Crippen LogP) is 0.0866. The molecule has 0 aromatic heterocycles. The minimum absolute atomic E-state index is 0.111. The molecule has 9 nitrogen and oxygen atoms in total. The second kappa shape index (κ2) is 6.06. The molecule has 2 aromatic carbocycles. The Labute approximate surface area is 142 Å². The van der Waals surface area contributed by atoms with Crippen molar-refractivity contribution in [3.05, 3.63) is 36.4 Å². The van der Waals surface area contributed by atoms with Crippen LogP contribution in [0.5, 0.6) is 0 Å². The Kier molecular flexibility index (Phi) is 4.05. The highest BCUT2D eigenvalue weighted by Crippen LogP contribution is 2.41. The summed E-state index contributed by atoms with van der Waals surface area (Å²) in [5.74, 6) is -1.84. The van der Waals surface area contributed by atoms with E-state index in [2.05, 4.69) is 4.74 Å². The fraction of sp³-hybridized carbons (Fsp3) is 0.133. The molecule has 0 saturated carbocycles. The average molecular weight is 363 g/mol. The quantitative estimate of drug-likeness (QED) is 0.739. The smallest absolute Gasteiger partial charge is 0.327 e. The standard InChI is InChI=1S/C15H13N3O6S/c16-15(21)17-12(19)8-24-13(20)7-18-10-5-1-3-9-4-2-6-11(14(9)10)25(18,22)23/h1-6H,7-8H2,(H3,16,17,19,21). The molecule has 1 aliphatic heterocycles. The summed E-state index contributed by atoms with van der Waals surface area (Å²) in [6, 6.07) is 8.82. The van der Waals surface area contributed by atoms with Gasteiger partial charge in [0.2, 0.25) is 0 Å². The third-order valence-corrected chi connectivity index (χ3v) is 5.38. The van der Waals surface area contributed by atoms with Crippen LogP contribution in [0, 0.1) is 0 Å². The van der Waals surface area contributed by atoms with Crippen LogP contribution < -0.4 is 15.4 Å². The van der Waals surface area contributed by atoms with Gasteiger partial charge in [0, 0.05) is 5.39 Å². The molecule has 0 aliphatic carbocycles. The summed E-state index contributed by atoms with van der Waals surface area (Å²) in [4.78, 5) is 33.8. The first-order valence-electron chi connectivity index (χ1n) is 7.10. The van der Waals surface area contributed by atoms with Crippen molar-refractivity contribution in [2.75, 3.05) is 17.5 Å². The van der Waals surface area contributed by atoms with Crippen LogP contribution in [-0.4, -0.2) is 39.5 Å². The monoisotopic (exact) mass is 363 g/mol. The number of imide groups is 1. The van der Waals surface area contributed by atoms with Gasteiger partial charge in [0.25, 0.3) is 15.9 Å². The maximum Gasteiger partial charge on any atom is 0.327 e. The van der Waals surface area contributed by atoms with E-state index in [1.54, 1.807) is 35.6 Å². The number of sulfonamides is 1. The van der Waals surface area contributed by atoms with Crippen molar-refractivity contribution < 1.29 is 27.5 Å². The number of nitrogens with zero attached hydrogens (tertiary/aromatic N) is 1. The number of carbonyl (C=O) groups excluding carboxylic acids is 3. The first-order valence-corrected chi connectivity index (χ1v) is 8.54. The van der Waals surface area contributed by atoms with Crippen LogP contribution in [0.1, 0.15) is 0 Å². The minimum Gasteiger partial charge on any atom is -0.454 e. The van der Waals surface area contributed by atoms with Crippen molar-refractivity contribution in [1.29, 1.82) is 0 Å². The number of amides is 3. The van der Waals surface area contributed by atoms with Gasteiger partial charge in [-0.05, 0) is 17.5 Å². The molecule has 1 heterocycles. The molecule has 0 saturated heterocycles. The van der Waals surface area contributed by atoms with Crippen molar-refractivity contribution in [1.82, 2.24) is 5.32 Å². The number of nitrogens with two attached hydrogens (primary N) is 1. The second-order valence-electron chi connectivity index (χ2n) is 5.22. The van der Waals surface area contributed by atoms with E-state index in [9.17, 15) is 22.8 Å². The molecule has 3 amide bonds. The van der Waals surface area contributed by atoms with Crippen molar-refractivity contribution in [2.45, 2.75) is 4.90 Å². The Morgan fingerprint density at radius 2 is 1.80 bits per heavy atom. The Balaban J connectivity index is 1.80. The average Bonchev–Trinajstić information content (AvgIpc) is 2.76. The summed E-state index contributed by atoms with van der Waals surface area (Å²) in [6.07, 6.45) is 0. The SMILES string of the molecule is NC(=O)NC(=O)COC(=O)CN1c2cccc3cccc(c23)S1(=O)=O. The van der Waals surface area contributed by atoms with Gasteiger partial charge in [0.1, 0.15) is 6.54 Å². The molecule has 0 atom stereocenters. The van der Waals surface area contributed by atoms with Crippen molar-refractivity contribution in [3.8, 4) is 0 Å². The molecule has 0 spiro atoms. The van der Waals surface area contributed by atoms with Crippen LogP contribution in [0.2, 0.25) is 0 Å². The largest absolute Gasteiger partial charge is 0.454 e. The van der Waals surface area contributed by atoms with Crippen LogP contribution in [-0.2, 0) is 24.3 Å². The second-order valence-corrected chi connectivity index (χ2v) is 7.05. The number of nitrogens with one attached hydrogen (secondary N) is 1. The maximum atomic E-state index is 12.7. The Hall–Kier alpha value is -3.14. The third-order valence-electron chi connectivity index (χ3n) is 3.58. The number of hydrogen-bond donors (Lipinski definition) is 2. The molecule has 0 fully saturated rings. The van der Waals surface area contributed by atoms with E-state index in [1.165, 1.54) is 6.07 Å². The number of rotatable bonds is 4. The van der Waals surface area contributed by atoms with E-state index in [0.717, 1.165) is 9.69 Å². The number of carbonyl (C=O) groups is 3. The molecule has 25 heavy (non-hydrogen) atoms. The van der Waals surface area contributed by atoms with Crippen LogP contribution in [0.4, 0.5) is 10.5 Å². The van der Waals surface area contributed by atoms with E-state index in [4.69, 9.17) is 5.73 Å². The maximum absolute atomic E-state index is 12.7. The Morgan fingerprint density at radius 1 is 1.12 bits per heavy atom. The Morgan fingerprint density at radius 3 is 2.48 bits per heavy atom. The summed E-state index contributed by atoms with van der Waals surface area (Å²) in [6.45, 7) is -1.34. The van der Waals surface area contributed by atoms with Gasteiger partial charge in [0.05, 0.1) is 10.6 Å². The van der Waals surface area contributed by atoms with Crippen LogP contribution in [0.3, 0.4) is 0 Å². The first kappa shape index (κ1) is 16.7. The molecule has 0 bridgehead atoms. The van der Waals surface area contributed by atoms with E-state index < -0.39 is 41.1 Å². The highest BCUT2D eigenvalue weighted by Gasteiger charge is 2.37. The van der Waals surface area contributed by atoms with Crippen molar-refractivity contribution >= 4 is 44.4 Å². The van der Waals surface area contributed by atoms with Crippen molar-refractivity contribution in [3.63, 3.8) is 0 Å². The zero-order valence-corrected chi connectivity index (χ0v) is 13.6. The predicted molar refractivity (Wildman–Crippen MR) is 87.2 cm³/mol. The molecule has 0 radical (unpaired) electrons.